The van der Waals surface area contributed by atoms with Gasteiger partial charge in [0.15, 0.2) is 0 Å². The van der Waals surface area contributed by atoms with Gasteiger partial charge in [-0.3, -0.25) is 9.69 Å². The number of hydrogen-bond donors (Lipinski definition) is 0. The number of hydrogen-bond acceptors (Lipinski definition) is 4. The molecule has 2 aliphatic heterocycles. The van der Waals surface area contributed by atoms with Crippen molar-refractivity contribution in [2.24, 2.45) is 0 Å². The van der Waals surface area contributed by atoms with Crippen molar-refractivity contribution in [3.05, 3.63) is 35.9 Å². The van der Waals surface area contributed by atoms with Crippen LogP contribution in [0.25, 0.3) is 0 Å². The van der Waals surface area contributed by atoms with Crippen molar-refractivity contribution in [2.45, 2.75) is 45.3 Å². The molecular weight excluding hydrogens is 342 g/mol. The second-order valence-corrected chi connectivity index (χ2v) is 8.39. The van der Waals surface area contributed by atoms with E-state index < -0.39 is 5.60 Å². The number of likely N-dealkylation sites (tertiary alicyclic amines) is 1. The first kappa shape index (κ1) is 19.7. The topological polar surface area (TPSA) is 53.1 Å². The van der Waals surface area contributed by atoms with Gasteiger partial charge in [0, 0.05) is 50.9 Å². The zero-order valence-corrected chi connectivity index (χ0v) is 16.7. The molecule has 0 aromatic heterocycles. The van der Waals surface area contributed by atoms with E-state index in [-0.39, 0.29) is 12.0 Å². The Morgan fingerprint density at radius 1 is 0.889 bits per heavy atom. The number of carbonyl (C=O) groups excluding carboxylic acids is 2. The molecule has 27 heavy (non-hydrogen) atoms. The molecule has 1 aromatic rings. The zero-order valence-electron chi connectivity index (χ0n) is 16.7. The summed E-state index contributed by atoms with van der Waals surface area (Å²) in [5.41, 5.74) is 0.314. The summed E-state index contributed by atoms with van der Waals surface area (Å²) >= 11 is 0. The number of carbonyl (C=O) groups is 2. The van der Waals surface area contributed by atoms with Crippen molar-refractivity contribution in [1.29, 1.82) is 0 Å². The van der Waals surface area contributed by atoms with Gasteiger partial charge < -0.3 is 14.5 Å². The maximum Gasteiger partial charge on any atom is 0.410 e. The largest absolute Gasteiger partial charge is 0.444 e. The van der Waals surface area contributed by atoms with E-state index in [4.69, 9.17) is 4.74 Å². The molecule has 0 saturated carbocycles. The van der Waals surface area contributed by atoms with Gasteiger partial charge in [-0.2, -0.15) is 0 Å². The van der Waals surface area contributed by atoms with Crippen LogP contribution in [0.2, 0.25) is 0 Å². The van der Waals surface area contributed by atoms with Crippen LogP contribution in [0.4, 0.5) is 4.79 Å². The van der Waals surface area contributed by atoms with Crippen LogP contribution in [0, 0.1) is 0 Å². The van der Waals surface area contributed by atoms with Gasteiger partial charge in [0.2, 0.25) is 0 Å². The Labute approximate surface area is 162 Å². The van der Waals surface area contributed by atoms with Crippen LogP contribution in [0.1, 0.15) is 44.0 Å². The lowest BCUT2D eigenvalue weighted by atomic mass is 10.0. The van der Waals surface area contributed by atoms with Crippen molar-refractivity contribution >= 4 is 12.0 Å². The first-order valence-electron chi connectivity index (χ1n) is 9.90. The van der Waals surface area contributed by atoms with Gasteiger partial charge >= 0.3 is 6.09 Å². The molecule has 0 radical (unpaired) electrons. The van der Waals surface area contributed by atoms with Crippen LogP contribution < -0.4 is 0 Å². The number of benzene rings is 1. The van der Waals surface area contributed by atoms with Crippen molar-refractivity contribution < 1.29 is 14.3 Å². The fourth-order valence-corrected chi connectivity index (χ4v) is 3.79. The summed E-state index contributed by atoms with van der Waals surface area (Å²) in [4.78, 5) is 31.0. The van der Waals surface area contributed by atoms with Gasteiger partial charge in [-0.1, -0.05) is 18.2 Å². The number of piperidine rings is 1. The summed E-state index contributed by atoms with van der Waals surface area (Å²) in [6.45, 7) is 10.4. The quantitative estimate of drug-likeness (QED) is 0.800. The monoisotopic (exact) mass is 373 g/mol. The molecule has 2 saturated heterocycles. The SMILES string of the molecule is CC(C)(C)OC(=O)N1CCN(C2CCN(C(=O)c3ccccc3)CC2)CC1. The number of rotatable bonds is 2. The number of nitrogens with zero attached hydrogens (tertiary/aromatic N) is 3. The van der Waals surface area contributed by atoms with Crippen molar-refractivity contribution in [3.63, 3.8) is 0 Å². The van der Waals surface area contributed by atoms with Crippen LogP contribution in [-0.2, 0) is 4.74 Å². The van der Waals surface area contributed by atoms with E-state index in [0.29, 0.717) is 19.1 Å². The fraction of sp³-hybridized carbons (Fsp3) is 0.619. The molecule has 0 atom stereocenters. The van der Waals surface area contributed by atoms with E-state index in [1.54, 1.807) is 4.90 Å². The summed E-state index contributed by atoms with van der Waals surface area (Å²) in [5.74, 6) is 0.129. The Hall–Kier alpha value is -2.08. The van der Waals surface area contributed by atoms with Crippen LogP contribution in [0.5, 0.6) is 0 Å². The van der Waals surface area contributed by atoms with Gasteiger partial charge in [0.1, 0.15) is 5.60 Å². The minimum absolute atomic E-state index is 0.129. The molecule has 2 aliphatic rings. The predicted molar refractivity (Wildman–Crippen MR) is 105 cm³/mol. The Morgan fingerprint density at radius 3 is 2.04 bits per heavy atom. The highest BCUT2D eigenvalue weighted by atomic mass is 16.6. The van der Waals surface area contributed by atoms with Crippen molar-refractivity contribution in [2.75, 3.05) is 39.3 Å². The van der Waals surface area contributed by atoms with Gasteiger partial charge in [-0.25, -0.2) is 4.79 Å². The molecule has 6 nitrogen and oxygen atoms in total. The Balaban J connectivity index is 1.45. The van der Waals surface area contributed by atoms with Crippen molar-refractivity contribution in [1.82, 2.24) is 14.7 Å². The molecule has 148 valence electrons. The van der Waals surface area contributed by atoms with Gasteiger partial charge in [-0.05, 0) is 45.7 Å². The van der Waals surface area contributed by atoms with Gasteiger partial charge in [-0.15, -0.1) is 0 Å². The maximum absolute atomic E-state index is 12.6. The third-order valence-corrected chi connectivity index (χ3v) is 5.25. The Morgan fingerprint density at radius 2 is 1.48 bits per heavy atom. The van der Waals surface area contributed by atoms with E-state index in [1.165, 1.54) is 0 Å². The second-order valence-electron chi connectivity index (χ2n) is 8.39. The Kier molecular flexibility index (Phi) is 6.05. The van der Waals surface area contributed by atoms with E-state index in [2.05, 4.69) is 4.90 Å². The predicted octanol–water partition coefficient (Wildman–Crippen LogP) is 2.84. The maximum atomic E-state index is 12.6. The first-order valence-corrected chi connectivity index (χ1v) is 9.90. The number of amides is 2. The number of piperazine rings is 1. The fourth-order valence-electron chi connectivity index (χ4n) is 3.79. The summed E-state index contributed by atoms with van der Waals surface area (Å²) in [7, 11) is 0. The Bertz CT molecular complexity index is 640. The molecule has 6 heteroatoms. The molecule has 2 amide bonds. The molecular formula is C21H31N3O3. The van der Waals surface area contributed by atoms with Gasteiger partial charge in [0.25, 0.3) is 5.91 Å². The summed E-state index contributed by atoms with van der Waals surface area (Å²) in [6.07, 6.45) is 1.76. The summed E-state index contributed by atoms with van der Waals surface area (Å²) < 4.78 is 5.46. The zero-order chi connectivity index (χ0) is 19.4. The molecule has 0 bridgehead atoms. The highest BCUT2D eigenvalue weighted by Gasteiger charge is 2.31. The van der Waals surface area contributed by atoms with E-state index in [1.807, 2.05) is 56.0 Å². The molecule has 2 fully saturated rings. The van der Waals surface area contributed by atoms with Gasteiger partial charge in [0.05, 0.1) is 0 Å². The lowest BCUT2D eigenvalue weighted by Crippen LogP contribution is -2.55. The van der Waals surface area contributed by atoms with Crippen LogP contribution in [-0.4, -0.2) is 77.6 Å². The minimum atomic E-state index is -0.452. The smallest absolute Gasteiger partial charge is 0.410 e. The first-order chi connectivity index (χ1) is 12.8. The standard InChI is InChI=1S/C21H31N3O3/c1-21(2,3)27-20(26)24-15-13-22(14-16-24)18-9-11-23(12-10-18)19(25)17-7-5-4-6-8-17/h4-8,18H,9-16H2,1-3H3. The number of ether oxygens (including phenoxy) is 1. The second kappa shape index (κ2) is 8.30. The normalized spacial score (nSPS) is 19.8. The minimum Gasteiger partial charge on any atom is -0.444 e. The van der Waals surface area contributed by atoms with E-state index in [9.17, 15) is 9.59 Å². The summed E-state index contributed by atoms with van der Waals surface area (Å²) in [5, 5.41) is 0. The highest BCUT2D eigenvalue weighted by molar-refractivity contribution is 5.94. The molecule has 2 heterocycles. The molecule has 1 aromatic carbocycles. The molecule has 0 spiro atoms. The van der Waals surface area contributed by atoms with Crippen molar-refractivity contribution in [3.8, 4) is 0 Å². The third-order valence-electron chi connectivity index (χ3n) is 5.25. The third kappa shape index (κ3) is 5.22. The average molecular weight is 373 g/mol. The lowest BCUT2D eigenvalue weighted by Gasteiger charge is -2.42. The van der Waals surface area contributed by atoms with Crippen LogP contribution in [0.3, 0.4) is 0 Å². The average Bonchev–Trinajstić information content (AvgIpc) is 2.67. The van der Waals surface area contributed by atoms with E-state index >= 15 is 0 Å². The van der Waals surface area contributed by atoms with Crippen LogP contribution >= 0.6 is 0 Å². The lowest BCUT2D eigenvalue weighted by molar-refractivity contribution is 0.00577. The highest BCUT2D eigenvalue weighted by Crippen LogP contribution is 2.20. The molecule has 0 N–H and O–H groups in total. The van der Waals surface area contributed by atoms with Crippen LogP contribution in [0.15, 0.2) is 30.3 Å². The van der Waals surface area contributed by atoms with E-state index in [0.717, 1.165) is 44.6 Å². The summed E-state index contributed by atoms with van der Waals surface area (Å²) in [6, 6.07) is 9.99. The molecule has 0 unspecified atom stereocenters. The molecule has 0 aliphatic carbocycles. The molecule has 3 rings (SSSR count).